The third-order valence-electron chi connectivity index (χ3n) is 2.38. The summed E-state index contributed by atoms with van der Waals surface area (Å²) < 4.78 is 5.57. The summed E-state index contributed by atoms with van der Waals surface area (Å²) in [7, 11) is 1.72. The molecule has 0 spiro atoms. The van der Waals surface area contributed by atoms with Gasteiger partial charge in [0.15, 0.2) is 0 Å². The lowest BCUT2D eigenvalue weighted by molar-refractivity contribution is -0.128. The predicted molar refractivity (Wildman–Crippen MR) is 70.6 cm³/mol. The van der Waals surface area contributed by atoms with Crippen molar-refractivity contribution in [2.75, 3.05) is 26.7 Å². The molecule has 0 saturated heterocycles. The monoisotopic (exact) mass is 258 g/mol. The summed E-state index contributed by atoms with van der Waals surface area (Å²) in [4.78, 5) is 12.7. The highest BCUT2D eigenvalue weighted by atomic mass is 35.5. The molecule has 0 fully saturated rings. The zero-order valence-corrected chi connectivity index (χ0v) is 11.0. The highest BCUT2D eigenvalue weighted by molar-refractivity contribution is 5.85. The molecule has 5 heteroatoms. The normalized spacial score (nSPS) is 9.35. The predicted octanol–water partition coefficient (Wildman–Crippen LogP) is 1.21. The number of halogens is 1. The zero-order valence-electron chi connectivity index (χ0n) is 10.2. The van der Waals surface area contributed by atoms with Gasteiger partial charge in [-0.1, -0.05) is 18.2 Å². The second-order valence-electron chi connectivity index (χ2n) is 3.63. The van der Waals surface area contributed by atoms with Crippen molar-refractivity contribution in [3.05, 3.63) is 29.8 Å². The molecule has 17 heavy (non-hydrogen) atoms. The van der Waals surface area contributed by atoms with E-state index in [1.165, 1.54) is 0 Å². The fraction of sp³-hybridized carbons (Fsp3) is 0.417. The molecule has 0 atom stereocenters. The number of hydrogen-bond donors (Lipinski definition) is 1. The largest absolute Gasteiger partial charge is 0.491 e. The zero-order chi connectivity index (χ0) is 12.0. The van der Waals surface area contributed by atoms with Crippen LogP contribution in [0, 0.1) is 6.92 Å². The number of ether oxygens (including phenoxy) is 1. The van der Waals surface area contributed by atoms with E-state index in [-0.39, 0.29) is 24.9 Å². The van der Waals surface area contributed by atoms with Crippen molar-refractivity contribution in [1.29, 1.82) is 0 Å². The third kappa shape index (κ3) is 5.06. The van der Waals surface area contributed by atoms with Gasteiger partial charge in [-0.05, 0) is 18.6 Å². The molecule has 96 valence electrons. The van der Waals surface area contributed by atoms with E-state index in [1.807, 2.05) is 31.2 Å². The van der Waals surface area contributed by atoms with Gasteiger partial charge in [-0.25, -0.2) is 0 Å². The van der Waals surface area contributed by atoms with Gasteiger partial charge in [0.25, 0.3) is 0 Å². The lowest BCUT2D eigenvalue weighted by Crippen LogP contribution is -2.35. The molecule has 0 aliphatic carbocycles. The summed E-state index contributed by atoms with van der Waals surface area (Å²) in [6, 6.07) is 7.80. The Morgan fingerprint density at radius 1 is 1.41 bits per heavy atom. The Labute approximate surface area is 108 Å². The van der Waals surface area contributed by atoms with Crippen LogP contribution in [0.5, 0.6) is 5.75 Å². The highest BCUT2D eigenvalue weighted by Gasteiger charge is 2.05. The minimum Gasteiger partial charge on any atom is -0.491 e. The van der Waals surface area contributed by atoms with Crippen molar-refractivity contribution in [1.82, 2.24) is 4.90 Å². The van der Waals surface area contributed by atoms with Crippen molar-refractivity contribution in [3.63, 3.8) is 0 Å². The second-order valence-corrected chi connectivity index (χ2v) is 3.63. The number of aryl methyl sites for hydroxylation is 1. The fourth-order valence-electron chi connectivity index (χ4n) is 1.29. The summed E-state index contributed by atoms with van der Waals surface area (Å²) >= 11 is 0. The molecular weight excluding hydrogens is 240 g/mol. The number of benzene rings is 1. The third-order valence-corrected chi connectivity index (χ3v) is 2.38. The van der Waals surface area contributed by atoms with Gasteiger partial charge in [0.1, 0.15) is 12.4 Å². The van der Waals surface area contributed by atoms with Gasteiger partial charge in [-0.2, -0.15) is 0 Å². The van der Waals surface area contributed by atoms with Gasteiger partial charge in [0.2, 0.25) is 5.91 Å². The smallest absolute Gasteiger partial charge is 0.236 e. The number of hydrogen-bond acceptors (Lipinski definition) is 3. The number of carbonyl (C=O) groups excluding carboxylic acids is 1. The molecule has 4 nitrogen and oxygen atoms in total. The van der Waals surface area contributed by atoms with Gasteiger partial charge in [-0.15, -0.1) is 12.4 Å². The molecule has 0 heterocycles. The number of carbonyl (C=O) groups is 1. The van der Waals surface area contributed by atoms with Gasteiger partial charge in [0, 0.05) is 7.05 Å². The average Bonchev–Trinajstić information content (AvgIpc) is 2.30. The molecule has 1 aromatic carbocycles. The lowest BCUT2D eigenvalue weighted by Gasteiger charge is -2.16. The van der Waals surface area contributed by atoms with Gasteiger partial charge >= 0.3 is 0 Å². The van der Waals surface area contributed by atoms with E-state index in [2.05, 4.69) is 0 Å². The SMILES string of the molecule is Cc1ccccc1OCCN(C)C(=O)CN.Cl. The first-order valence-corrected chi connectivity index (χ1v) is 5.27. The molecule has 0 radical (unpaired) electrons. The summed E-state index contributed by atoms with van der Waals surface area (Å²) in [5, 5.41) is 0. The molecule has 0 saturated carbocycles. The Bertz CT molecular complexity index is 358. The lowest BCUT2D eigenvalue weighted by atomic mass is 10.2. The Morgan fingerprint density at radius 3 is 2.65 bits per heavy atom. The Hall–Kier alpha value is -1.26. The van der Waals surface area contributed by atoms with Crippen LogP contribution in [0.2, 0.25) is 0 Å². The fourth-order valence-corrected chi connectivity index (χ4v) is 1.29. The molecule has 0 aromatic heterocycles. The topological polar surface area (TPSA) is 55.6 Å². The number of likely N-dealkylation sites (N-methyl/N-ethyl adjacent to an activating group) is 1. The summed E-state index contributed by atoms with van der Waals surface area (Å²) in [6.45, 7) is 3.06. The van der Waals surface area contributed by atoms with Crippen molar-refractivity contribution >= 4 is 18.3 Å². The number of rotatable bonds is 5. The maximum absolute atomic E-state index is 11.2. The highest BCUT2D eigenvalue weighted by Crippen LogP contribution is 2.15. The van der Waals surface area contributed by atoms with Crippen molar-refractivity contribution in [2.24, 2.45) is 5.73 Å². The molecule has 0 aliphatic rings. The number of para-hydroxylation sites is 1. The maximum atomic E-state index is 11.2. The second kappa shape index (κ2) is 7.92. The van der Waals surface area contributed by atoms with E-state index in [0.717, 1.165) is 11.3 Å². The van der Waals surface area contributed by atoms with Crippen LogP contribution in [0.4, 0.5) is 0 Å². The summed E-state index contributed by atoms with van der Waals surface area (Å²) in [5.41, 5.74) is 6.34. The van der Waals surface area contributed by atoms with E-state index >= 15 is 0 Å². The minimum atomic E-state index is -0.0756. The quantitative estimate of drug-likeness (QED) is 0.864. The number of nitrogens with zero attached hydrogens (tertiary/aromatic N) is 1. The molecule has 1 rings (SSSR count). The molecule has 1 aromatic rings. The molecular formula is C12H19ClN2O2. The summed E-state index contributed by atoms with van der Waals surface area (Å²) in [6.07, 6.45) is 0. The van der Waals surface area contributed by atoms with Gasteiger partial charge in [-0.3, -0.25) is 4.79 Å². The average molecular weight is 259 g/mol. The van der Waals surface area contributed by atoms with Gasteiger partial charge < -0.3 is 15.4 Å². The van der Waals surface area contributed by atoms with Crippen LogP contribution in [0.1, 0.15) is 5.56 Å². The molecule has 2 N–H and O–H groups in total. The van der Waals surface area contributed by atoms with Crippen molar-refractivity contribution in [3.8, 4) is 5.75 Å². The maximum Gasteiger partial charge on any atom is 0.236 e. The molecule has 0 aliphatic heterocycles. The van der Waals surface area contributed by atoms with E-state index in [1.54, 1.807) is 11.9 Å². The standard InChI is InChI=1S/C12H18N2O2.ClH/c1-10-5-3-4-6-11(10)16-8-7-14(2)12(15)9-13;/h3-6H,7-9,13H2,1-2H3;1H. The van der Waals surface area contributed by atoms with Crippen LogP contribution in [-0.2, 0) is 4.79 Å². The minimum absolute atomic E-state index is 0. The van der Waals surface area contributed by atoms with Crippen LogP contribution >= 0.6 is 12.4 Å². The van der Waals surface area contributed by atoms with Crippen molar-refractivity contribution < 1.29 is 9.53 Å². The van der Waals surface area contributed by atoms with E-state index in [4.69, 9.17) is 10.5 Å². The Balaban J connectivity index is 0.00000256. The van der Waals surface area contributed by atoms with Crippen molar-refractivity contribution in [2.45, 2.75) is 6.92 Å². The van der Waals surface area contributed by atoms with E-state index in [0.29, 0.717) is 13.2 Å². The Kier molecular flexibility index (Phi) is 7.34. The molecule has 0 bridgehead atoms. The van der Waals surface area contributed by atoms with Crippen LogP contribution in [0.25, 0.3) is 0 Å². The number of amides is 1. The first-order chi connectivity index (χ1) is 7.65. The van der Waals surface area contributed by atoms with E-state index < -0.39 is 0 Å². The number of nitrogens with two attached hydrogens (primary N) is 1. The molecule has 1 amide bonds. The molecule has 0 unspecified atom stereocenters. The Morgan fingerprint density at radius 2 is 2.06 bits per heavy atom. The van der Waals surface area contributed by atoms with Crippen LogP contribution < -0.4 is 10.5 Å². The van der Waals surface area contributed by atoms with E-state index in [9.17, 15) is 4.79 Å². The first kappa shape index (κ1) is 15.7. The van der Waals surface area contributed by atoms with Crippen LogP contribution in [-0.4, -0.2) is 37.6 Å². The summed E-state index contributed by atoms with van der Waals surface area (Å²) in [5.74, 6) is 0.782. The van der Waals surface area contributed by atoms with Crippen LogP contribution in [0.3, 0.4) is 0 Å². The van der Waals surface area contributed by atoms with Crippen LogP contribution in [0.15, 0.2) is 24.3 Å². The first-order valence-electron chi connectivity index (χ1n) is 5.27. The van der Waals surface area contributed by atoms with Gasteiger partial charge in [0.05, 0.1) is 13.1 Å².